The summed E-state index contributed by atoms with van der Waals surface area (Å²) >= 11 is 9.09. The third kappa shape index (κ3) is 4.17. The van der Waals surface area contributed by atoms with Crippen molar-refractivity contribution in [2.24, 2.45) is 0 Å². The summed E-state index contributed by atoms with van der Waals surface area (Å²) in [4.78, 5) is 17.6. The number of thioether (sulfide) groups is 1. The van der Waals surface area contributed by atoms with E-state index in [-0.39, 0.29) is 5.56 Å². The highest BCUT2D eigenvalue weighted by Gasteiger charge is 2.20. The predicted molar refractivity (Wildman–Crippen MR) is 128 cm³/mol. The highest BCUT2D eigenvalue weighted by molar-refractivity contribution is 7.98. The molecule has 33 heavy (non-hydrogen) atoms. The molecule has 0 aliphatic carbocycles. The number of para-hydroxylation sites is 1. The van der Waals surface area contributed by atoms with Crippen molar-refractivity contribution in [2.45, 2.75) is 24.3 Å². The van der Waals surface area contributed by atoms with Crippen LogP contribution in [0.5, 0.6) is 0 Å². The number of halogens is 2. The number of aryl methyl sites for hydroxylation is 1. The van der Waals surface area contributed by atoms with Crippen LogP contribution in [0.2, 0.25) is 5.02 Å². The average molecular weight is 499 g/mol. The van der Waals surface area contributed by atoms with Gasteiger partial charge in [0.25, 0.3) is 5.56 Å². The number of aromatic nitrogens is 6. The van der Waals surface area contributed by atoms with Crippen LogP contribution >= 0.6 is 34.7 Å². The molecule has 0 fully saturated rings. The highest BCUT2D eigenvalue weighted by Crippen LogP contribution is 2.33. The van der Waals surface area contributed by atoms with Gasteiger partial charge in [-0.15, -0.1) is 10.2 Å². The first-order chi connectivity index (χ1) is 16.0. The molecule has 7 nitrogen and oxygen atoms in total. The fourth-order valence-electron chi connectivity index (χ4n) is 3.28. The summed E-state index contributed by atoms with van der Waals surface area (Å²) in [6, 6.07) is 15.1. The van der Waals surface area contributed by atoms with Crippen LogP contribution in [0, 0.1) is 5.82 Å². The van der Waals surface area contributed by atoms with Crippen molar-refractivity contribution >= 4 is 39.7 Å². The summed E-state index contributed by atoms with van der Waals surface area (Å²) in [5, 5.41) is 14.7. The Morgan fingerprint density at radius 2 is 1.91 bits per heavy atom. The summed E-state index contributed by atoms with van der Waals surface area (Å²) in [6.45, 7) is 1.98. The molecule has 3 heterocycles. The van der Waals surface area contributed by atoms with Crippen LogP contribution in [0.15, 0.2) is 64.5 Å². The van der Waals surface area contributed by atoms with Gasteiger partial charge in [0.15, 0.2) is 11.0 Å². The van der Waals surface area contributed by atoms with Crippen molar-refractivity contribution in [1.29, 1.82) is 0 Å². The minimum atomic E-state index is -0.415. The normalized spacial score (nSPS) is 11.4. The van der Waals surface area contributed by atoms with E-state index in [2.05, 4.69) is 20.3 Å². The molecule has 0 N–H and O–H groups in total. The highest BCUT2D eigenvalue weighted by atomic mass is 35.5. The van der Waals surface area contributed by atoms with E-state index < -0.39 is 5.82 Å². The lowest BCUT2D eigenvalue weighted by Crippen LogP contribution is -2.15. The molecule has 0 bridgehead atoms. The van der Waals surface area contributed by atoms with E-state index in [1.165, 1.54) is 39.7 Å². The summed E-state index contributed by atoms with van der Waals surface area (Å²) in [5.74, 6) is 0.356. The largest absolute Gasteiger partial charge is 0.275 e. The molecule has 5 rings (SSSR count). The Labute approximate surface area is 200 Å². The van der Waals surface area contributed by atoms with Crippen LogP contribution in [0.25, 0.3) is 22.0 Å². The van der Waals surface area contributed by atoms with Crippen molar-refractivity contribution in [2.75, 3.05) is 0 Å². The van der Waals surface area contributed by atoms with E-state index in [9.17, 15) is 9.18 Å². The molecular weight excluding hydrogens is 483 g/mol. The predicted octanol–water partition coefficient (Wildman–Crippen LogP) is 5.05. The van der Waals surface area contributed by atoms with Gasteiger partial charge >= 0.3 is 0 Å². The van der Waals surface area contributed by atoms with Gasteiger partial charge in [0.05, 0.1) is 16.4 Å². The molecular formula is C22H16ClFN6OS2. The topological polar surface area (TPSA) is 78.0 Å². The van der Waals surface area contributed by atoms with Gasteiger partial charge in [0, 0.05) is 17.4 Å². The second-order valence-corrected chi connectivity index (χ2v) is 9.38. The maximum atomic E-state index is 14.8. The second kappa shape index (κ2) is 9.05. The summed E-state index contributed by atoms with van der Waals surface area (Å²) in [6.07, 6.45) is 0.730. The first-order valence-corrected chi connectivity index (χ1v) is 12.2. The smallest absolute Gasteiger partial charge is 0.267 e. The first-order valence-electron chi connectivity index (χ1n) is 10.0. The Hall–Kier alpha value is -3.08. The van der Waals surface area contributed by atoms with Crippen molar-refractivity contribution in [3.63, 3.8) is 0 Å². The number of fused-ring (bicyclic) bond motifs is 1. The van der Waals surface area contributed by atoms with Crippen molar-refractivity contribution in [3.8, 4) is 17.1 Å². The Morgan fingerprint density at radius 3 is 2.70 bits per heavy atom. The molecule has 0 radical (unpaired) electrons. The second-order valence-electron chi connectivity index (χ2n) is 6.99. The quantitative estimate of drug-likeness (QED) is 0.305. The fraction of sp³-hybridized carbons (Fsp3) is 0.136. The van der Waals surface area contributed by atoms with E-state index in [1.54, 1.807) is 28.8 Å². The van der Waals surface area contributed by atoms with E-state index in [0.29, 0.717) is 43.7 Å². The Balaban J connectivity index is 1.55. The Bertz CT molecular complexity index is 1530. The number of hydrogen-bond acceptors (Lipinski definition) is 7. The molecule has 0 unspecified atom stereocenters. The molecule has 0 saturated carbocycles. The van der Waals surface area contributed by atoms with E-state index in [4.69, 9.17) is 11.6 Å². The summed E-state index contributed by atoms with van der Waals surface area (Å²) in [7, 11) is 0. The summed E-state index contributed by atoms with van der Waals surface area (Å²) < 4.78 is 17.7. The molecule has 0 amide bonds. The minimum Gasteiger partial charge on any atom is -0.267 e. The van der Waals surface area contributed by atoms with Gasteiger partial charge in [-0.2, -0.15) is 9.61 Å². The van der Waals surface area contributed by atoms with Crippen LogP contribution in [0.4, 0.5) is 4.39 Å². The Morgan fingerprint density at radius 1 is 1.12 bits per heavy atom. The van der Waals surface area contributed by atoms with Gasteiger partial charge in [0.1, 0.15) is 10.8 Å². The van der Waals surface area contributed by atoms with Crippen molar-refractivity contribution < 1.29 is 4.39 Å². The first kappa shape index (κ1) is 21.7. The number of benzene rings is 2. The molecule has 11 heteroatoms. The molecule has 0 aliphatic heterocycles. The monoisotopic (exact) mass is 498 g/mol. The van der Waals surface area contributed by atoms with E-state index in [0.717, 1.165) is 11.4 Å². The van der Waals surface area contributed by atoms with Gasteiger partial charge < -0.3 is 0 Å². The molecule has 2 aromatic carbocycles. The van der Waals surface area contributed by atoms with Gasteiger partial charge in [-0.05, 0) is 30.7 Å². The number of rotatable bonds is 6. The van der Waals surface area contributed by atoms with E-state index >= 15 is 0 Å². The van der Waals surface area contributed by atoms with Gasteiger partial charge in [-0.1, -0.05) is 65.9 Å². The lowest BCUT2D eigenvalue weighted by Gasteiger charge is -2.12. The van der Waals surface area contributed by atoms with Crippen molar-refractivity contribution in [1.82, 2.24) is 29.4 Å². The third-order valence-corrected chi connectivity index (χ3v) is 7.18. The third-order valence-electron chi connectivity index (χ3n) is 4.83. The van der Waals surface area contributed by atoms with Crippen molar-refractivity contribution in [3.05, 3.63) is 86.5 Å². The van der Waals surface area contributed by atoms with Crippen LogP contribution in [-0.4, -0.2) is 29.4 Å². The van der Waals surface area contributed by atoms with Gasteiger partial charge in [-0.3, -0.25) is 9.36 Å². The van der Waals surface area contributed by atoms with Gasteiger partial charge in [0.2, 0.25) is 4.96 Å². The molecule has 5 aromatic rings. The zero-order chi connectivity index (χ0) is 22.9. The zero-order valence-electron chi connectivity index (χ0n) is 17.3. The molecule has 0 aliphatic rings. The molecule has 0 atom stereocenters. The molecule has 3 aromatic heterocycles. The lowest BCUT2D eigenvalue weighted by atomic mass is 10.2. The maximum Gasteiger partial charge on any atom is 0.275 e. The van der Waals surface area contributed by atoms with Gasteiger partial charge in [-0.25, -0.2) is 9.37 Å². The van der Waals surface area contributed by atoms with E-state index in [1.807, 2.05) is 25.1 Å². The number of nitrogens with zero attached hydrogens (tertiary/aromatic N) is 6. The van der Waals surface area contributed by atoms with Crippen LogP contribution < -0.4 is 5.56 Å². The minimum absolute atomic E-state index is 0.237. The maximum absolute atomic E-state index is 14.8. The molecule has 0 spiro atoms. The lowest BCUT2D eigenvalue weighted by molar-refractivity contribution is 0.613. The standard InChI is InChI=1S/C22H16ClFN6OS2/c1-2-18-28-30-19(31)11-13(25-21(30)33-18)12-32-22-27-26-20(14-7-3-4-8-15(14)23)29(22)17-10-6-5-9-16(17)24/h3-11H,2,12H2,1H3. The van der Waals surface area contributed by atoms with Crippen LogP contribution in [0.1, 0.15) is 17.6 Å². The SMILES string of the molecule is CCc1nn2c(=O)cc(CSc3nnc(-c4ccccc4Cl)n3-c3ccccc3F)nc2s1. The average Bonchev–Trinajstić information content (AvgIpc) is 3.43. The molecule has 0 saturated heterocycles. The van der Waals surface area contributed by atoms with Crippen LogP contribution in [0.3, 0.4) is 0 Å². The molecule has 166 valence electrons. The van der Waals surface area contributed by atoms with Crippen LogP contribution in [-0.2, 0) is 12.2 Å². The summed E-state index contributed by atoms with van der Waals surface area (Å²) in [5.41, 5.74) is 1.28. The number of hydrogen-bond donors (Lipinski definition) is 0. The Kier molecular flexibility index (Phi) is 5.96. The zero-order valence-corrected chi connectivity index (χ0v) is 19.7. The fourth-order valence-corrected chi connectivity index (χ4v) is 5.20.